The highest BCUT2D eigenvalue weighted by Crippen LogP contribution is 2.15. The van der Waals surface area contributed by atoms with Crippen LogP contribution in [0.4, 0.5) is 4.39 Å². The van der Waals surface area contributed by atoms with Gasteiger partial charge in [-0.25, -0.2) is 4.39 Å². The minimum absolute atomic E-state index is 0.141. The highest BCUT2D eigenvalue weighted by Gasteiger charge is 2.11. The van der Waals surface area contributed by atoms with Crippen LogP contribution in [0.5, 0.6) is 0 Å². The molecule has 0 aliphatic carbocycles. The molecule has 5 heteroatoms. The van der Waals surface area contributed by atoms with Gasteiger partial charge >= 0.3 is 0 Å². The van der Waals surface area contributed by atoms with E-state index >= 15 is 0 Å². The summed E-state index contributed by atoms with van der Waals surface area (Å²) in [6.45, 7) is 0. The van der Waals surface area contributed by atoms with E-state index in [0.29, 0.717) is 12.1 Å². The molecule has 0 saturated heterocycles. The van der Waals surface area contributed by atoms with Crippen LogP contribution in [-0.4, -0.2) is 9.97 Å². The Labute approximate surface area is 98.7 Å². The lowest BCUT2D eigenvalue weighted by Crippen LogP contribution is -2.30. The molecule has 2 aromatic rings. The molecule has 2 rings (SSSR count). The first-order valence-corrected chi connectivity index (χ1v) is 5.26. The molecule has 0 aliphatic heterocycles. The number of pyridine rings is 2. The van der Waals surface area contributed by atoms with Crippen LogP contribution in [0.3, 0.4) is 0 Å². The van der Waals surface area contributed by atoms with Crippen LogP contribution < -0.4 is 11.3 Å². The van der Waals surface area contributed by atoms with Gasteiger partial charge in [-0.3, -0.25) is 21.2 Å². The van der Waals surface area contributed by atoms with E-state index in [1.807, 2.05) is 12.1 Å². The summed E-state index contributed by atoms with van der Waals surface area (Å²) in [7, 11) is 0. The lowest BCUT2D eigenvalue weighted by atomic mass is 10.0. The van der Waals surface area contributed by atoms with Gasteiger partial charge in [0.1, 0.15) is 5.82 Å². The summed E-state index contributed by atoms with van der Waals surface area (Å²) in [5.74, 6) is 5.14. The molecule has 0 spiro atoms. The van der Waals surface area contributed by atoms with Crippen molar-refractivity contribution in [3.05, 3.63) is 59.9 Å². The van der Waals surface area contributed by atoms with E-state index in [0.717, 1.165) is 5.56 Å². The number of rotatable bonds is 4. The van der Waals surface area contributed by atoms with Crippen LogP contribution in [0, 0.1) is 5.82 Å². The molecule has 1 unspecified atom stereocenters. The fourth-order valence-electron chi connectivity index (χ4n) is 1.60. The summed E-state index contributed by atoms with van der Waals surface area (Å²) < 4.78 is 12.8. The van der Waals surface area contributed by atoms with Crippen LogP contribution in [-0.2, 0) is 6.42 Å². The molecule has 3 N–H and O–H groups in total. The summed E-state index contributed by atoms with van der Waals surface area (Å²) >= 11 is 0. The maximum atomic E-state index is 12.8. The smallest absolute Gasteiger partial charge is 0.141 e. The number of hydrogen-bond acceptors (Lipinski definition) is 4. The zero-order chi connectivity index (χ0) is 12.1. The van der Waals surface area contributed by atoms with Crippen LogP contribution >= 0.6 is 0 Å². The van der Waals surface area contributed by atoms with E-state index in [1.54, 1.807) is 18.5 Å². The standard InChI is InChI=1S/C12H13FN4/c13-10-1-2-11(16-8-10)12(17-14)7-9-3-5-15-6-4-9/h1-6,8,12,17H,7,14H2. The van der Waals surface area contributed by atoms with Gasteiger partial charge in [-0.1, -0.05) is 0 Å². The number of nitrogens with zero attached hydrogens (tertiary/aromatic N) is 2. The molecule has 0 radical (unpaired) electrons. The van der Waals surface area contributed by atoms with Crippen LogP contribution in [0.15, 0.2) is 42.9 Å². The Hall–Kier alpha value is -1.85. The molecule has 2 heterocycles. The predicted octanol–water partition coefficient (Wildman–Crippen LogP) is 1.36. The van der Waals surface area contributed by atoms with Crippen molar-refractivity contribution in [2.45, 2.75) is 12.5 Å². The fraction of sp³-hybridized carbons (Fsp3) is 0.167. The van der Waals surface area contributed by atoms with Gasteiger partial charge in [-0.15, -0.1) is 0 Å². The van der Waals surface area contributed by atoms with E-state index in [2.05, 4.69) is 15.4 Å². The molecule has 0 fully saturated rings. The average molecular weight is 232 g/mol. The third-order valence-electron chi connectivity index (χ3n) is 2.50. The summed E-state index contributed by atoms with van der Waals surface area (Å²) in [5, 5.41) is 0. The monoisotopic (exact) mass is 232 g/mol. The molecule has 88 valence electrons. The van der Waals surface area contributed by atoms with Gasteiger partial charge in [0.05, 0.1) is 17.9 Å². The highest BCUT2D eigenvalue weighted by atomic mass is 19.1. The largest absolute Gasteiger partial charge is 0.271 e. The van der Waals surface area contributed by atoms with Crippen molar-refractivity contribution >= 4 is 0 Å². The van der Waals surface area contributed by atoms with Crippen molar-refractivity contribution in [2.24, 2.45) is 5.84 Å². The third kappa shape index (κ3) is 3.05. The lowest BCUT2D eigenvalue weighted by Gasteiger charge is -2.15. The Morgan fingerprint density at radius 3 is 2.59 bits per heavy atom. The fourth-order valence-corrected chi connectivity index (χ4v) is 1.60. The number of hydrogen-bond donors (Lipinski definition) is 2. The Bertz CT molecular complexity index is 458. The Morgan fingerprint density at radius 1 is 1.24 bits per heavy atom. The van der Waals surface area contributed by atoms with Crippen molar-refractivity contribution in [3.63, 3.8) is 0 Å². The first-order chi connectivity index (χ1) is 8.29. The highest BCUT2D eigenvalue weighted by molar-refractivity contribution is 5.17. The summed E-state index contributed by atoms with van der Waals surface area (Å²) in [6.07, 6.45) is 5.31. The molecule has 1 atom stereocenters. The normalized spacial score (nSPS) is 12.4. The predicted molar refractivity (Wildman–Crippen MR) is 62.2 cm³/mol. The van der Waals surface area contributed by atoms with Gasteiger partial charge in [0.2, 0.25) is 0 Å². The van der Waals surface area contributed by atoms with Crippen molar-refractivity contribution < 1.29 is 4.39 Å². The second-order valence-corrected chi connectivity index (χ2v) is 3.68. The third-order valence-corrected chi connectivity index (χ3v) is 2.50. The molecular formula is C12H13FN4. The summed E-state index contributed by atoms with van der Waals surface area (Å²) in [4.78, 5) is 7.96. The maximum absolute atomic E-state index is 12.8. The van der Waals surface area contributed by atoms with E-state index in [9.17, 15) is 4.39 Å². The van der Waals surface area contributed by atoms with Gasteiger partial charge < -0.3 is 0 Å². The second kappa shape index (κ2) is 5.47. The van der Waals surface area contributed by atoms with Gasteiger partial charge in [0.25, 0.3) is 0 Å². The molecule has 0 amide bonds. The average Bonchev–Trinajstić information content (AvgIpc) is 2.38. The minimum atomic E-state index is -0.353. The van der Waals surface area contributed by atoms with Crippen molar-refractivity contribution in [1.29, 1.82) is 0 Å². The van der Waals surface area contributed by atoms with Crippen molar-refractivity contribution in [3.8, 4) is 0 Å². The zero-order valence-electron chi connectivity index (χ0n) is 9.18. The molecule has 0 aliphatic rings. The number of nitrogens with two attached hydrogens (primary N) is 1. The first-order valence-electron chi connectivity index (χ1n) is 5.26. The van der Waals surface area contributed by atoms with Crippen LogP contribution in [0.1, 0.15) is 17.3 Å². The van der Waals surface area contributed by atoms with Gasteiger partial charge in [-0.2, -0.15) is 0 Å². The van der Waals surface area contributed by atoms with Crippen molar-refractivity contribution in [1.82, 2.24) is 15.4 Å². The number of aromatic nitrogens is 2. The van der Waals surface area contributed by atoms with E-state index in [-0.39, 0.29) is 11.9 Å². The van der Waals surface area contributed by atoms with E-state index in [1.165, 1.54) is 12.3 Å². The van der Waals surface area contributed by atoms with E-state index in [4.69, 9.17) is 5.84 Å². The summed E-state index contributed by atoms with van der Waals surface area (Å²) in [6, 6.07) is 6.68. The van der Waals surface area contributed by atoms with Crippen LogP contribution in [0.25, 0.3) is 0 Å². The van der Waals surface area contributed by atoms with E-state index < -0.39 is 0 Å². The molecule has 0 bridgehead atoms. The quantitative estimate of drug-likeness (QED) is 0.617. The summed E-state index contributed by atoms with van der Waals surface area (Å²) in [5.41, 5.74) is 4.49. The topological polar surface area (TPSA) is 63.8 Å². The molecule has 0 saturated carbocycles. The van der Waals surface area contributed by atoms with Gasteiger partial charge in [-0.05, 0) is 36.2 Å². The molecule has 4 nitrogen and oxygen atoms in total. The number of nitrogens with one attached hydrogen (secondary N) is 1. The molecule has 0 aromatic carbocycles. The maximum Gasteiger partial charge on any atom is 0.141 e. The Kier molecular flexibility index (Phi) is 3.74. The number of hydrazine groups is 1. The first kappa shape index (κ1) is 11.6. The minimum Gasteiger partial charge on any atom is -0.271 e. The molecular weight excluding hydrogens is 219 g/mol. The zero-order valence-corrected chi connectivity index (χ0v) is 9.18. The van der Waals surface area contributed by atoms with Crippen molar-refractivity contribution in [2.75, 3.05) is 0 Å². The molecule has 17 heavy (non-hydrogen) atoms. The van der Waals surface area contributed by atoms with Gasteiger partial charge in [0.15, 0.2) is 0 Å². The SMILES string of the molecule is NNC(Cc1ccncc1)c1ccc(F)cn1. The second-order valence-electron chi connectivity index (χ2n) is 3.68. The Balaban J connectivity index is 2.14. The Morgan fingerprint density at radius 2 is 2.00 bits per heavy atom. The van der Waals surface area contributed by atoms with Gasteiger partial charge in [0, 0.05) is 12.4 Å². The number of halogens is 1. The lowest BCUT2D eigenvalue weighted by molar-refractivity contribution is 0.533. The molecule has 2 aromatic heterocycles. The van der Waals surface area contributed by atoms with Crippen LogP contribution in [0.2, 0.25) is 0 Å².